The molecule has 0 saturated heterocycles. The van der Waals surface area contributed by atoms with Crippen LogP contribution in [0.5, 0.6) is 0 Å². The molecule has 1 atom stereocenters. The van der Waals surface area contributed by atoms with Crippen LogP contribution >= 0.6 is 0 Å². The SMILES string of the molecule is CCC(N)CNC(=O)CCC(=O)Nc1cccc2ccccc12. The van der Waals surface area contributed by atoms with Crippen molar-refractivity contribution in [1.29, 1.82) is 0 Å². The van der Waals surface area contributed by atoms with Gasteiger partial charge in [-0.05, 0) is 17.9 Å². The second-order valence-electron chi connectivity index (χ2n) is 5.55. The van der Waals surface area contributed by atoms with Crippen molar-refractivity contribution >= 4 is 28.3 Å². The number of fused-ring (bicyclic) bond motifs is 1. The summed E-state index contributed by atoms with van der Waals surface area (Å²) in [5.74, 6) is -0.321. The van der Waals surface area contributed by atoms with E-state index in [1.807, 2.05) is 49.4 Å². The average Bonchev–Trinajstić information content (AvgIpc) is 2.58. The molecule has 0 aliphatic rings. The van der Waals surface area contributed by atoms with Crippen molar-refractivity contribution in [3.8, 4) is 0 Å². The molecule has 2 rings (SSSR count). The predicted molar refractivity (Wildman–Crippen MR) is 93.1 cm³/mol. The van der Waals surface area contributed by atoms with E-state index in [0.717, 1.165) is 22.9 Å². The number of anilines is 1. The van der Waals surface area contributed by atoms with E-state index in [4.69, 9.17) is 5.73 Å². The number of hydrogen-bond donors (Lipinski definition) is 3. The van der Waals surface area contributed by atoms with Crippen molar-refractivity contribution in [2.75, 3.05) is 11.9 Å². The van der Waals surface area contributed by atoms with Crippen LogP contribution in [-0.4, -0.2) is 24.4 Å². The summed E-state index contributed by atoms with van der Waals surface area (Å²) in [5, 5.41) is 7.66. The Labute approximate surface area is 136 Å². The standard InChI is InChI=1S/C18H23N3O2/c1-2-14(19)12-20-17(22)10-11-18(23)21-16-9-5-7-13-6-3-4-8-15(13)16/h3-9,14H,2,10-12,19H2,1H3,(H,20,22)(H,21,23). The van der Waals surface area contributed by atoms with Gasteiger partial charge in [0, 0.05) is 36.5 Å². The normalized spacial score (nSPS) is 11.9. The maximum absolute atomic E-state index is 12.0. The van der Waals surface area contributed by atoms with Crippen LogP contribution < -0.4 is 16.4 Å². The van der Waals surface area contributed by atoms with Gasteiger partial charge in [-0.15, -0.1) is 0 Å². The quantitative estimate of drug-likeness (QED) is 0.734. The molecule has 0 aliphatic carbocycles. The zero-order valence-electron chi connectivity index (χ0n) is 13.3. The number of nitrogens with one attached hydrogen (secondary N) is 2. The van der Waals surface area contributed by atoms with Crippen molar-refractivity contribution in [3.05, 3.63) is 42.5 Å². The van der Waals surface area contributed by atoms with Crippen molar-refractivity contribution in [3.63, 3.8) is 0 Å². The van der Waals surface area contributed by atoms with Crippen molar-refractivity contribution < 1.29 is 9.59 Å². The minimum atomic E-state index is -0.170. The predicted octanol–water partition coefficient (Wildman–Crippen LogP) is 2.41. The minimum absolute atomic E-state index is 0.0385. The maximum atomic E-state index is 12.0. The van der Waals surface area contributed by atoms with Crippen LogP contribution in [0.15, 0.2) is 42.5 Å². The highest BCUT2D eigenvalue weighted by atomic mass is 16.2. The van der Waals surface area contributed by atoms with E-state index in [1.54, 1.807) is 0 Å². The molecule has 4 N–H and O–H groups in total. The molecular formula is C18H23N3O2. The van der Waals surface area contributed by atoms with Crippen LogP contribution in [-0.2, 0) is 9.59 Å². The van der Waals surface area contributed by atoms with Crippen LogP contribution in [0, 0.1) is 0 Å². The Bertz CT molecular complexity index is 680. The first-order valence-electron chi connectivity index (χ1n) is 7.90. The Kier molecular flexibility index (Phi) is 6.11. The Morgan fingerprint density at radius 2 is 1.74 bits per heavy atom. The Morgan fingerprint density at radius 1 is 1.04 bits per heavy atom. The monoisotopic (exact) mass is 313 g/mol. The lowest BCUT2D eigenvalue weighted by Crippen LogP contribution is -2.36. The number of amides is 2. The molecule has 23 heavy (non-hydrogen) atoms. The van der Waals surface area contributed by atoms with Crippen LogP contribution in [0.2, 0.25) is 0 Å². The molecule has 0 bridgehead atoms. The lowest BCUT2D eigenvalue weighted by atomic mass is 10.1. The molecule has 0 spiro atoms. The number of rotatable bonds is 7. The molecule has 2 aromatic carbocycles. The van der Waals surface area contributed by atoms with Gasteiger partial charge >= 0.3 is 0 Å². The minimum Gasteiger partial charge on any atom is -0.355 e. The summed E-state index contributed by atoms with van der Waals surface area (Å²) in [4.78, 5) is 23.7. The fourth-order valence-electron chi connectivity index (χ4n) is 2.25. The Morgan fingerprint density at radius 3 is 2.52 bits per heavy atom. The molecule has 0 fully saturated rings. The summed E-state index contributed by atoms with van der Waals surface area (Å²) in [5.41, 5.74) is 6.50. The first-order valence-corrected chi connectivity index (χ1v) is 7.90. The largest absolute Gasteiger partial charge is 0.355 e. The number of hydrogen-bond acceptors (Lipinski definition) is 3. The van der Waals surface area contributed by atoms with Gasteiger partial charge in [0.15, 0.2) is 0 Å². The third-order valence-corrected chi connectivity index (χ3v) is 3.73. The molecule has 5 heteroatoms. The summed E-state index contributed by atoms with van der Waals surface area (Å²) in [6, 6.07) is 13.6. The third-order valence-electron chi connectivity index (χ3n) is 3.73. The summed E-state index contributed by atoms with van der Waals surface area (Å²) >= 11 is 0. The van der Waals surface area contributed by atoms with Gasteiger partial charge in [-0.25, -0.2) is 0 Å². The second kappa shape index (κ2) is 8.29. The summed E-state index contributed by atoms with van der Waals surface area (Å²) < 4.78 is 0. The molecular weight excluding hydrogens is 290 g/mol. The molecule has 2 aromatic rings. The molecule has 0 aliphatic heterocycles. The van der Waals surface area contributed by atoms with E-state index in [1.165, 1.54) is 0 Å². The number of carbonyl (C=O) groups is 2. The van der Waals surface area contributed by atoms with Gasteiger partial charge in [0.25, 0.3) is 0 Å². The number of carbonyl (C=O) groups excluding carboxylic acids is 2. The molecule has 1 unspecified atom stereocenters. The fourth-order valence-corrected chi connectivity index (χ4v) is 2.25. The van der Waals surface area contributed by atoms with Crippen LogP contribution in [0.25, 0.3) is 10.8 Å². The number of benzene rings is 2. The smallest absolute Gasteiger partial charge is 0.224 e. The zero-order valence-corrected chi connectivity index (χ0v) is 13.3. The molecule has 5 nitrogen and oxygen atoms in total. The van der Waals surface area contributed by atoms with E-state index < -0.39 is 0 Å². The number of nitrogens with two attached hydrogens (primary N) is 1. The van der Waals surface area contributed by atoms with Crippen molar-refractivity contribution in [1.82, 2.24) is 5.32 Å². The molecule has 0 saturated carbocycles. The highest BCUT2D eigenvalue weighted by Crippen LogP contribution is 2.23. The van der Waals surface area contributed by atoms with Gasteiger partial charge in [0.2, 0.25) is 11.8 Å². The topological polar surface area (TPSA) is 84.2 Å². The van der Waals surface area contributed by atoms with E-state index in [9.17, 15) is 9.59 Å². The highest BCUT2D eigenvalue weighted by molar-refractivity contribution is 6.02. The molecule has 0 radical (unpaired) electrons. The van der Waals surface area contributed by atoms with E-state index in [-0.39, 0.29) is 30.7 Å². The first kappa shape index (κ1) is 17.0. The molecule has 2 amide bonds. The summed E-state index contributed by atoms with van der Waals surface area (Å²) in [6.07, 6.45) is 1.12. The van der Waals surface area contributed by atoms with Crippen LogP contribution in [0.4, 0.5) is 5.69 Å². The molecule has 122 valence electrons. The summed E-state index contributed by atoms with van der Waals surface area (Å²) in [7, 11) is 0. The third kappa shape index (κ3) is 5.07. The van der Waals surface area contributed by atoms with Gasteiger partial charge in [0.05, 0.1) is 0 Å². The Hall–Kier alpha value is -2.40. The average molecular weight is 313 g/mol. The van der Waals surface area contributed by atoms with E-state index >= 15 is 0 Å². The van der Waals surface area contributed by atoms with Gasteiger partial charge in [-0.2, -0.15) is 0 Å². The molecule has 0 heterocycles. The maximum Gasteiger partial charge on any atom is 0.224 e. The van der Waals surface area contributed by atoms with Gasteiger partial charge in [0.1, 0.15) is 0 Å². The van der Waals surface area contributed by atoms with Gasteiger partial charge in [-0.1, -0.05) is 43.3 Å². The molecule has 0 aromatic heterocycles. The van der Waals surface area contributed by atoms with Crippen molar-refractivity contribution in [2.24, 2.45) is 5.73 Å². The van der Waals surface area contributed by atoms with Crippen molar-refractivity contribution in [2.45, 2.75) is 32.2 Å². The van der Waals surface area contributed by atoms with Gasteiger partial charge < -0.3 is 16.4 Å². The summed E-state index contributed by atoms with van der Waals surface area (Å²) in [6.45, 7) is 2.41. The zero-order chi connectivity index (χ0) is 16.7. The Balaban J connectivity index is 1.86. The lowest BCUT2D eigenvalue weighted by Gasteiger charge is -2.11. The van der Waals surface area contributed by atoms with E-state index in [2.05, 4.69) is 10.6 Å². The van der Waals surface area contributed by atoms with Crippen LogP contribution in [0.3, 0.4) is 0 Å². The van der Waals surface area contributed by atoms with Gasteiger partial charge in [-0.3, -0.25) is 9.59 Å². The first-order chi connectivity index (χ1) is 11.1. The van der Waals surface area contributed by atoms with E-state index in [0.29, 0.717) is 6.54 Å². The van der Waals surface area contributed by atoms with Crippen LogP contribution in [0.1, 0.15) is 26.2 Å². The highest BCUT2D eigenvalue weighted by Gasteiger charge is 2.09. The fraction of sp³-hybridized carbons (Fsp3) is 0.333. The lowest BCUT2D eigenvalue weighted by molar-refractivity contribution is -0.124. The second-order valence-corrected chi connectivity index (χ2v) is 5.55.